The van der Waals surface area contributed by atoms with Crippen molar-refractivity contribution in [3.8, 4) is 11.1 Å². The molecule has 2 fully saturated rings. The third-order valence-electron chi connectivity index (χ3n) is 5.87. The Hall–Kier alpha value is -3.25. The Morgan fingerprint density at radius 2 is 1.97 bits per heavy atom. The van der Waals surface area contributed by atoms with Crippen molar-refractivity contribution in [1.29, 1.82) is 0 Å². The maximum Gasteiger partial charge on any atom is 0.248 e. The Bertz CT molecular complexity index is 1090. The van der Waals surface area contributed by atoms with Crippen LogP contribution >= 0.6 is 0 Å². The van der Waals surface area contributed by atoms with Crippen LogP contribution in [0.25, 0.3) is 17.2 Å². The quantitative estimate of drug-likeness (QED) is 0.584. The molecule has 1 saturated carbocycles. The molecule has 0 spiro atoms. The van der Waals surface area contributed by atoms with Gasteiger partial charge < -0.3 is 5.32 Å². The molecule has 31 heavy (non-hydrogen) atoms. The summed E-state index contributed by atoms with van der Waals surface area (Å²) in [4.78, 5) is 19.1. The maximum atomic E-state index is 12.4. The molecule has 1 amide bonds. The molecule has 5 rings (SSSR count). The molecule has 2 aliphatic rings. The molecular formula is C25H27N5O. The number of nitrogens with zero attached hydrogens (tertiary/aromatic N) is 4. The summed E-state index contributed by atoms with van der Waals surface area (Å²) in [6.45, 7) is 5.58. The van der Waals surface area contributed by atoms with Crippen LogP contribution in [-0.2, 0) is 11.3 Å². The van der Waals surface area contributed by atoms with E-state index < -0.39 is 0 Å². The van der Waals surface area contributed by atoms with Gasteiger partial charge in [-0.15, -0.1) is 0 Å². The van der Waals surface area contributed by atoms with Crippen molar-refractivity contribution in [2.75, 3.05) is 18.4 Å². The number of rotatable bonds is 7. The fourth-order valence-corrected chi connectivity index (χ4v) is 4.08. The summed E-state index contributed by atoms with van der Waals surface area (Å²) in [7, 11) is 0. The summed E-state index contributed by atoms with van der Waals surface area (Å²) in [6, 6.07) is 10.6. The van der Waals surface area contributed by atoms with Crippen molar-refractivity contribution in [2.24, 2.45) is 5.92 Å². The Kier molecular flexibility index (Phi) is 5.38. The monoisotopic (exact) mass is 413 g/mol. The van der Waals surface area contributed by atoms with Crippen LogP contribution in [0.1, 0.15) is 36.9 Å². The predicted octanol–water partition coefficient (Wildman–Crippen LogP) is 4.38. The number of likely N-dealkylation sites (tertiary alicyclic amines) is 1. The van der Waals surface area contributed by atoms with Crippen LogP contribution < -0.4 is 5.32 Å². The number of nitrogens with one attached hydrogen (secondary N) is 1. The van der Waals surface area contributed by atoms with E-state index in [1.54, 1.807) is 18.5 Å². The van der Waals surface area contributed by atoms with E-state index in [9.17, 15) is 4.79 Å². The smallest absolute Gasteiger partial charge is 0.248 e. The minimum Gasteiger partial charge on any atom is -0.323 e. The van der Waals surface area contributed by atoms with Crippen LogP contribution in [0.2, 0.25) is 0 Å². The largest absolute Gasteiger partial charge is 0.323 e. The number of hydrogen-bond acceptors (Lipinski definition) is 4. The number of aromatic nitrogens is 3. The molecule has 0 bridgehead atoms. The van der Waals surface area contributed by atoms with Crippen LogP contribution in [-0.4, -0.2) is 38.7 Å². The topological polar surface area (TPSA) is 63.1 Å². The Morgan fingerprint density at radius 1 is 1.16 bits per heavy atom. The van der Waals surface area contributed by atoms with E-state index in [-0.39, 0.29) is 5.91 Å². The van der Waals surface area contributed by atoms with E-state index in [0.717, 1.165) is 34.8 Å². The first kappa shape index (κ1) is 19.7. The van der Waals surface area contributed by atoms with Crippen molar-refractivity contribution in [1.82, 2.24) is 19.7 Å². The van der Waals surface area contributed by atoms with Gasteiger partial charge in [0.25, 0.3) is 0 Å². The van der Waals surface area contributed by atoms with E-state index in [1.165, 1.54) is 31.5 Å². The fraction of sp³-hybridized carbons (Fsp3) is 0.320. The zero-order valence-electron chi connectivity index (χ0n) is 17.7. The van der Waals surface area contributed by atoms with E-state index in [1.807, 2.05) is 35.2 Å². The highest BCUT2D eigenvalue weighted by Crippen LogP contribution is 2.35. The lowest BCUT2D eigenvalue weighted by Crippen LogP contribution is -2.44. The molecule has 1 aliphatic carbocycles. The molecule has 0 radical (unpaired) electrons. The number of amides is 1. The second kappa shape index (κ2) is 8.47. The third kappa shape index (κ3) is 4.75. The predicted molar refractivity (Wildman–Crippen MR) is 122 cm³/mol. The summed E-state index contributed by atoms with van der Waals surface area (Å²) in [5.74, 6) is 0.646. The zero-order chi connectivity index (χ0) is 21.2. The Balaban J connectivity index is 1.22. The van der Waals surface area contributed by atoms with E-state index in [4.69, 9.17) is 0 Å². The van der Waals surface area contributed by atoms with Gasteiger partial charge in [-0.25, -0.2) is 0 Å². The summed E-state index contributed by atoms with van der Waals surface area (Å²) in [5, 5.41) is 7.41. The van der Waals surface area contributed by atoms with Crippen LogP contribution in [0.5, 0.6) is 0 Å². The van der Waals surface area contributed by atoms with Crippen molar-refractivity contribution in [3.05, 3.63) is 72.3 Å². The molecule has 0 atom stereocenters. The first-order valence-electron chi connectivity index (χ1n) is 10.9. The summed E-state index contributed by atoms with van der Waals surface area (Å²) >= 11 is 0. The van der Waals surface area contributed by atoms with E-state index in [0.29, 0.717) is 6.04 Å². The molecule has 1 N–H and O–H groups in total. The molecular weight excluding hydrogens is 386 g/mol. The number of pyridine rings is 1. The van der Waals surface area contributed by atoms with Crippen molar-refractivity contribution < 1.29 is 4.79 Å². The van der Waals surface area contributed by atoms with Gasteiger partial charge in [0.2, 0.25) is 5.91 Å². The highest BCUT2D eigenvalue weighted by atomic mass is 16.1. The Morgan fingerprint density at radius 3 is 2.71 bits per heavy atom. The summed E-state index contributed by atoms with van der Waals surface area (Å²) in [5.41, 5.74) is 5.03. The molecule has 158 valence electrons. The third-order valence-corrected chi connectivity index (χ3v) is 5.87. The van der Waals surface area contributed by atoms with Crippen LogP contribution in [0.4, 0.5) is 5.69 Å². The molecule has 0 unspecified atom stereocenters. The number of hydrogen-bond donors (Lipinski definition) is 1. The van der Waals surface area contributed by atoms with Crippen molar-refractivity contribution in [3.63, 3.8) is 0 Å². The number of benzene rings is 1. The fourth-order valence-electron chi connectivity index (χ4n) is 4.08. The van der Waals surface area contributed by atoms with Crippen molar-refractivity contribution in [2.45, 2.75) is 32.4 Å². The molecule has 6 heteroatoms. The van der Waals surface area contributed by atoms with Gasteiger partial charge in [-0.2, -0.15) is 5.10 Å². The van der Waals surface area contributed by atoms with Gasteiger partial charge in [0.05, 0.1) is 12.2 Å². The molecule has 3 heterocycles. The second-order valence-electron chi connectivity index (χ2n) is 8.72. The average molecular weight is 414 g/mol. The van der Waals surface area contributed by atoms with Gasteiger partial charge in [-0.05, 0) is 54.2 Å². The highest BCUT2D eigenvalue weighted by Gasteiger charge is 2.24. The lowest BCUT2D eigenvalue weighted by molar-refractivity contribution is -0.111. The van der Waals surface area contributed by atoms with Crippen LogP contribution in [0.15, 0.2) is 61.2 Å². The average Bonchev–Trinajstić information content (AvgIpc) is 3.49. The molecule has 3 aromatic rings. The number of anilines is 1. The molecule has 1 aromatic carbocycles. The van der Waals surface area contributed by atoms with Gasteiger partial charge in [-0.3, -0.25) is 19.4 Å². The number of carbonyl (C=O) groups excluding carboxylic acids is 1. The summed E-state index contributed by atoms with van der Waals surface area (Å²) < 4.78 is 2.03. The van der Waals surface area contributed by atoms with Gasteiger partial charge in [0, 0.05) is 61.1 Å². The normalized spacial score (nSPS) is 17.1. The first-order chi connectivity index (χ1) is 15.1. The van der Waals surface area contributed by atoms with E-state index >= 15 is 0 Å². The molecule has 2 aromatic heterocycles. The molecule has 6 nitrogen and oxygen atoms in total. The SMILES string of the molecule is CC1CN(Cc2ccc(NC(=O)C=Cc3cnccc3-c3cnn(C4CC4)c3)cc2)C1. The highest BCUT2D eigenvalue weighted by molar-refractivity contribution is 6.02. The van der Waals surface area contributed by atoms with Crippen molar-refractivity contribution >= 4 is 17.7 Å². The molecule has 1 saturated heterocycles. The van der Waals surface area contributed by atoms with E-state index in [2.05, 4.69) is 45.6 Å². The van der Waals surface area contributed by atoms with Gasteiger partial charge in [-0.1, -0.05) is 19.1 Å². The van der Waals surface area contributed by atoms with Crippen LogP contribution in [0, 0.1) is 5.92 Å². The molecule has 1 aliphatic heterocycles. The van der Waals surface area contributed by atoms with Gasteiger partial charge >= 0.3 is 0 Å². The standard InChI is InChI=1S/C25H27N5O/c1-18-14-29(15-18)16-19-2-5-22(6-3-19)28-25(31)9-4-20-12-26-11-10-24(20)21-13-27-30(17-21)23-7-8-23/h2-6,9-13,17-18,23H,7-8,14-16H2,1H3,(H,28,31). The van der Waals surface area contributed by atoms with Crippen LogP contribution in [0.3, 0.4) is 0 Å². The lowest BCUT2D eigenvalue weighted by atomic mass is 10.0. The Labute approximate surface area is 182 Å². The second-order valence-corrected chi connectivity index (χ2v) is 8.72. The zero-order valence-corrected chi connectivity index (χ0v) is 17.7. The van der Waals surface area contributed by atoms with Gasteiger partial charge in [0.15, 0.2) is 0 Å². The van der Waals surface area contributed by atoms with Gasteiger partial charge in [0.1, 0.15) is 0 Å². The maximum absolute atomic E-state index is 12.4. The minimum atomic E-state index is -0.159. The summed E-state index contributed by atoms with van der Waals surface area (Å²) in [6.07, 6.45) is 13.3. The number of carbonyl (C=O) groups is 1. The first-order valence-corrected chi connectivity index (χ1v) is 10.9. The minimum absolute atomic E-state index is 0.159. The lowest BCUT2D eigenvalue weighted by Gasteiger charge is -2.37.